The van der Waals surface area contributed by atoms with Crippen LogP contribution in [0.1, 0.15) is 17.5 Å². The minimum absolute atomic E-state index is 0.0701. The first kappa shape index (κ1) is 17.2. The number of ether oxygens (including phenoxy) is 1. The van der Waals surface area contributed by atoms with E-state index in [0.29, 0.717) is 0 Å². The van der Waals surface area contributed by atoms with E-state index in [0.717, 1.165) is 11.1 Å². The molecule has 2 rings (SSSR count). The molecule has 0 aliphatic heterocycles. The zero-order valence-electron chi connectivity index (χ0n) is 12.8. The van der Waals surface area contributed by atoms with Gasteiger partial charge in [0.15, 0.2) is 0 Å². The molecule has 0 aliphatic carbocycles. The van der Waals surface area contributed by atoms with Crippen LogP contribution in [0.3, 0.4) is 0 Å². The highest BCUT2D eigenvalue weighted by Crippen LogP contribution is 2.13. The average molecular weight is 334 g/mol. The summed E-state index contributed by atoms with van der Waals surface area (Å²) in [5, 5.41) is 0. The largest absolute Gasteiger partial charge is 0.461 e. The summed E-state index contributed by atoms with van der Waals surface area (Å²) in [5.41, 5.74) is 1.82. The van der Waals surface area contributed by atoms with E-state index < -0.39 is 16.1 Å². The topological polar surface area (TPSA) is 69.7 Å². The van der Waals surface area contributed by atoms with E-state index in [1.165, 1.54) is 12.1 Å². The van der Waals surface area contributed by atoms with Crippen LogP contribution in [0.25, 0.3) is 0 Å². The van der Waals surface area contributed by atoms with Crippen LogP contribution in [0.2, 0.25) is 0 Å². The fraction of sp³-hybridized carbons (Fsp3) is 0.235. The normalized spacial score (nSPS) is 11.2. The van der Waals surface area contributed by atoms with Crippen LogP contribution in [0, 0.1) is 6.92 Å². The van der Waals surface area contributed by atoms with Crippen molar-refractivity contribution < 1.29 is 22.1 Å². The lowest BCUT2D eigenvalue weighted by atomic mass is 10.2. The number of hydrogen-bond donors (Lipinski definition) is 0. The molecule has 0 radical (unpaired) electrons. The van der Waals surface area contributed by atoms with Crippen molar-refractivity contribution >= 4 is 16.1 Å². The van der Waals surface area contributed by atoms with Gasteiger partial charge in [-0.1, -0.05) is 48.0 Å². The van der Waals surface area contributed by atoms with Crippen molar-refractivity contribution in [3.05, 3.63) is 65.7 Å². The molecule has 0 saturated carbocycles. The lowest BCUT2D eigenvalue weighted by Gasteiger charge is -2.07. The quantitative estimate of drug-likeness (QED) is 0.575. The van der Waals surface area contributed by atoms with Gasteiger partial charge in [0.1, 0.15) is 6.61 Å². The van der Waals surface area contributed by atoms with Crippen molar-refractivity contribution in [1.29, 1.82) is 0 Å². The maximum atomic E-state index is 11.9. The number of hydrogen-bond acceptors (Lipinski definition) is 5. The van der Waals surface area contributed by atoms with Crippen LogP contribution < -0.4 is 0 Å². The lowest BCUT2D eigenvalue weighted by molar-refractivity contribution is -0.145. The van der Waals surface area contributed by atoms with Crippen molar-refractivity contribution in [2.75, 3.05) is 6.61 Å². The Morgan fingerprint density at radius 3 is 2.30 bits per heavy atom. The summed E-state index contributed by atoms with van der Waals surface area (Å²) in [6.45, 7) is 1.77. The van der Waals surface area contributed by atoms with E-state index >= 15 is 0 Å². The van der Waals surface area contributed by atoms with Gasteiger partial charge in [-0.15, -0.1) is 0 Å². The van der Waals surface area contributed by atoms with Crippen LogP contribution in [0.15, 0.2) is 59.5 Å². The second kappa shape index (κ2) is 7.89. The van der Waals surface area contributed by atoms with Crippen LogP contribution in [-0.4, -0.2) is 21.0 Å². The van der Waals surface area contributed by atoms with Gasteiger partial charge in [0.05, 0.1) is 17.9 Å². The van der Waals surface area contributed by atoms with Crippen molar-refractivity contribution in [2.24, 2.45) is 0 Å². The van der Waals surface area contributed by atoms with Gasteiger partial charge >= 0.3 is 5.97 Å². The van der Waals surface area contributed by atoms with Crippen LogP contribution in [-0.2, 0) is 30.4 Å². The Hall–Kier alpha value is -2.18. The summed E-state index contributed by atoms with van der Waals surface area (Å²) in [5.74, 6) is -0.507. The summed E-state index contributed by atoms with van der Waals surface area (Å²) in [7, 11) is -3.85. The molecule has 6 heteroatoms. The van der Waals surface area contributed by atoms with Gasteiger partial charge in [-0.2, -0.15) is 8.42 Å². The molecule has 0 aliphatic rings. The molecule has 0 unspecified atom stereocenters. The van der Waals surface area contributed by atoms with Gasteiger partial charge in [-0.25, -0.2) is 0 Å². The molecule has 0 aromatic heterocycles. The summed E-state index contributed by atoms with van der Waals surface area (Å²) < 4.78 is 33.8. The Morgan fingerprint density at radius 2 is 1.65 bits per heavy atom. The maximum absolute atomic E-state index is 11.9. The molecule has 2 aromatic rings. The number of carbonyl (C=O) groups excluding carboxylic acids is 1. The minimum Gasteiger partial charge on any atom is -0.461 e. The molecule has 122 valence electrons. The maximum Gasteiger partial charge on any atom is 0.308 e. The smallest absolute Gasteiger partial charge is 0.308 e. The Morgan fingerprint density at radius 1 is 1.00 bits per heavy atom. The predicted molar refractivity (Wildman–Crippen MR) is 85.2 cm³/mol. The van der Waals surface area contributed by atoms with Gasteiger partial charge in [0, 0.05) is 0 Å². The van der Waals surface area contributed by atoms with E-state index in [1.54, 1.807) is 12.1 Å². The van der Waals surface area contributed by atoms with Gasteiger partial charge in [0.25, 0.3) is 10.1 Å². The van der Waals surface area contributed by atoms with E-state index in [4.69, 9.17) is 8.92 Å². The van der Waals surface area contributed by atoms with Crippen molar-refractivity contribution in [3.63, 3.8) is 0 Å². The van der Waals surface area contributed by atoms with Crippen molar-refractivity contribution in [2.45, 2.75) is 24.8 Å². The molecular weight excluding hydrogens is 316 g/mol. The van der Waals surface area contributed by atoms with E-state index in [-0.39, 0.29) is 24.5 Å². The molecule has 0 heterocycles. The average Bonchev–Trinajstić information content (AvgIpc) is 2.54. The fourth-order valence-electron chi connectivity index (χ4n) is 1.82. The molecule has 0 fully saturated rings. The van der Waals surface area contributed by atoms with Crippen LogP contribution >= 0.6 is 0 Å². The first-order chi connectivity index (χ1) is 11.0. The highest BCUT2D eigenvalue weighted by molar-refractivity contribution is 7.86. The summed E-state index contributed by atoms with van der Waals surface area (Å²) in [6.07, 6.45) is -0.127. The molecule has 0 N–H and O–H groups in total. The molecule has 0 bridgehead atoms. The zero-order chi connectivity index (χ0) is 16.7. The third kappa shape index (κ3) is 5.50. The highest BCUT2D eigenvalue weighted by Gasteiger charge is 2.15. The Bertz CT molecular complexity index is 736. The minimum atomic E-state index is -3.85. The molecule has 2 aromatic carbocycles. The third-order valence-electron chi connectivity index (χ3n) is 3.10. The zero-order valence-corrected chi connectivity index (χ0v) is 13.6. The SMILES string of the molecule is Cc1ccc(S(=O)(=O)OCCC(=O)OCc2ccccc2)cc1. The monoisotopic (exact) mass is 334 g/mol. The molecule has 5 nitrogen and oxygen atoms in total. The Kier molecular flexibility index (Phi) is 5.90. The molecule has 0 amide bonds. The second-order valence-corrected chi connectivity index (χ2v) is 6.60. The van der Waals surface area contributed by atoms with Crippen LogP contribution in [0.5, 0.6) is 0 Å². The number of benzene rings is 2. The van der Waals surface area contributed by atoms with Gasteiger partial charge < -0.3 is 4.74 Å². The summed E-state index contributed by atoms with van der Waals surface area (Å²) >= 11 is 0. The lowest BCUT2D eigenvalue weighted by Crippen LogP contribution is -2.12. The molecule has 0 spiro atoms. The number of carbonyl (C=O) groups is 1. The summed E-state index contributed by atoms with van der Waals surface area (Å²) in [4.78, 5) is 11.7. The van der Waals surface area contributed by atoms with E-state index in [2.05, 4.69) is 0 Å². The summed E-state index contributed by atoms with van der Waals surface area (Å²) in [6, 6.07) is 15.6. The van der Waals surface area contributed by atoms with E-state index in [9.17, 15) is 13.2 Å². The van der Waals surface area contributed by atoms with Crippen molar-refractivity contribution in [1.82, 2.24) is 0 Å². The first-order valence-corrected chi connectivity index (χ1v) is 8.54. The Balaban J connectivity index is 1.77. The first-order valence-electron chi connectivity index (χ1n) is 7.13. The predicted octanol–water partition coefficient (Wildman–Crippen LogP) is 2.83. The third-order valence-corrected chi connectivity index (χ3v) is 4.42. The number of aryl methyl sites for hydroxylation is 1. The highest BCUT2D eigenvalue weighted by atomic mass is 32.2. The number of esters is 1. The molecule has 0 atom stereocenters. The fourth-order valence-corrected chi connectivity index (χ4v) is 2.73. The second-order valence-electron chi connectivity index (χ2n) is 4.99. The van der Waals surface area contributed by atoms with Gasteiger partial charge in [-0.3, -0.25) is 8.98 Å². The van der Waals surface area contributed by atoms with Crippen LogP contribution in [0.4, 0.5) is 0 Å². The molecule has 23 heavy (non-hydrogen) atoms. The van der Waals surface area contributed by atoms with Gasteiger partial charge in [-0.05, 0) is 24.6 Å². The van der Waals surface area contributed by atoms with Crippen molar-refractivity contribution in [3.8, 4) is 0 Å². The van der Waals surface area contributed by atoms with Gasteiger partial charge in [0.2, 0.25) is 0 Å². The molecular formula is C17H18O5S. The standard InChI is InChI=1S/C17H18O5S/c1-14-7-9-16(10-8-14)23(19,20)22-12-11-17(18)21-13-15-5-3-2-4-6-15/h2-10H,11-13H2,1H3. The van der Waals surface area contributed by atoms with E-state index in [1.807, 2.05) is 37.3 Å². The molecule has 0 saturated heterocycles. The Labute approximate surface area is 136 Å². The number of rotatable bonds is 7.